The second-order valence-electron chi connectivity index (χ2n) is 7.67. The Labute approximate surface area is 195 Å². The minimum absolute atomic E-state index is 0.0987. The normalized spacial score (nSPS) is 15.7. The van der Waals surface area contributed by atoms with Crippen LogP contribution in [-0.2, 0) is 15.9 Å². The summed E-state index contributed by atoms with van der Waals surface area (Å²) < 4.78 is 15.8. The summed E-state index contributed by atoms with van der Waals surface area (Å²) in [6.07, 6.45) is -0.452. The van der Waals surface area contributed by atoms with Crippen LogP contribution >= 0.6 is 0 Å². The van der Waals surface area contributed by atoms with E-state index < -0.39 is 17.0 Å². The molecule has 1 aliphatic rings. The Bertz CT molecular complexity index is 1300. The Morgan fingerprint density at radius 1 is 1.15 bits per heavy atom. The predicted molar refractivity (Wildman–Crippen MR) is 121 cm³/mol. The molecule has 0 saturated carbocycles. The van der Waals surface area contributed by atoms with Crippen molar-refractivity contribution < 1.29 is 23.7 Å². The first kappa shape index (κ1) is 22.7. The zero-order valence-corrected chi connectivity index (χ0v) is 18.8. The Morgan fingerprint density at radius 3 is 2.62 bits per heavy atom. The molecule has 0 radical (unpaired) electrons. The molecule has 0 amide bonds. The summed E-state index contributed by atoms with van der Waals surface area (Å²) in [6, 6.07) is 15.8. The standard InChI is InChI=1S/C24H22N4O6/c1-14-20(23-26-19(27-34-23)12-16-8-5-4-6-9-16)21(17-10-7-11-18(13-17)28(30)31)22(15(2)25-14)33-24(29)32-3/h4-11,13,21,25H,12H2,1-3H3. The summed E-state index contributed by atoms with van der Waals surface area (Å²) in [5.41, 5.74) is 3.21. The van der Waals surface area contributed by atoms with E-state index in [4.69, 9.17) is 9.26 Å². The van der Waals surface area contributed by atoms with Crippen molar-refractivity contribution in [2.24, 2.45) is 0 Å². The molecule has 0 aliphatic carbocycles. The topological polar surface area (TPSA) is 130 Å². The van der Waals surface area contributed by atoms with Crippen LogP contribution in [0.4, 0.5) is 10.5 Å². The predicted octanol–water partition coefficient (Wildman–Crippen LogP) is 4.70. The number of aromatic nitrogens is 2. The van der Waals surface area contributed by atoms with E-state index in [1.807, 2.05) is 37.3 Å². The molecule has 2 heterocycles. The number of nitrogens with zero attached hydrogens (tertiary/aromatic N) is 3. The maximum Gasteiger partial charge on any atom is 0.513 e. The van der Waals surface area contributed by atoms with E-state index in [-0.39, 0.29) is 17.3 Å². The van der Waals surface area contributed by atoms with Gasteiger partial charge in [-0.1, -0.05) is 47.6 Å². The molecule has 1 aromatic heterocycles. The van der Waals surface area contributed by atoms with Gasteiger partial charge in [-0.2, -0.15) is 4.98 Å². The molecule has 1 N–H and O–H groups in total. The maximum atomic E-state index is 12.0. The highest BCUT2D eigenvalue weighted by Gasteiger charge is 2.36. The van der Waals surface area contributed by atoms with Crippen molar-refractivity contribution in [3.63, 3.8) is 0 Å². The minimum Gasteiger partial charge on any atom is -0.437 e. The molecule has 1 aliphatic heterocycles. The third-order valence-corrected chi connectivity index (χ3v) is 5.38. The lowest BCUT2D eigenvalue weighted by Gasteiger charge is -2.29. The molecule has 1 atom stereocenters. The molecule has 34 heavy (non-hydrogen) atoms. The number of rotatable bonds is 6. The van der Waals surface area contributed by atoms with Crippen LogP contribution in [0.5, 0.6) is 0 Å². The number of benzene rings is 2. The smallest absolute Gasteiger partial charge is 0.437 e. The van der Waals surface area contributed by atoms with Crippen molar-refractivity contribution in [3.8, 4) is 0 Å². The number of allylic oxidation sites excluding steroid dienone is 3. The number of ether oxygens (including phenoxy) is 2. The van der Waals surface area contributed by atoms with E-state index in [1.54, 1.807) is 19.1 Å². The van der Waals surface area contributed by atoms with Crippen LogP contribution in [0.3, 0.4) is 0 Å². The molecule has 0 saturated heterocycles. The van der Waals surface area contributed by atoms with Crippen molar-refractivity contribution in [2.45, 2.75) is 26.2 Å². The van der Waals surface area contributed by atoms with E-state index in [0.717, 1.165) is 5.56 Å². The van der Waals surface area contributed by atoms with E-state index >= 15 is 0 Å². The highest BCUT2D eigenvalue weighted by atomic mass is 16.7. The van der Waals surface area contributed by atoms with E-state index in [9.17, 15) is 14.9 Å². The number of carbonyl (C=O) groups is 1. The summed E-state index contributed by atoms with van der Waals surface area (Å²) in [6.45, 7) is 3.55. The van der Waals surface area contributed by atoms with Crippen molar-refractivity contribution in [1.29, 1.82) is 0 Å². The molecule has 10 heteroatoms. The molecule has 3 aromatic rings. The lowest BCUT2D eigenvalue weighted by Crippen LogP contribution is -2.26. The lowest BCUT2D eigenvalue weighted by molar-refractivity contribution is -0.384. The van der Waals surface area contributed by atoms with Gasteiger partial charge >= 0.3 is 6.16 Å². The largest absolute Gasteiger partial charge is 0.513 e. The second kappa shape index (κ2) is 9.57. The highest BCUT2D eigenvalue weighted by molar-refractivity contribution is 5.76. The van der Waals surface area contributed by atoms with Crippen LogP contribution in [0.25, 0.3) is 5.57 Å². The van der Waals surface area contributed by atoms with Gasteiger partial charge in [-0.3, -0.25) is 10.1 Å². The van der Waals surface area contributed by atoms with Gasteiger partial charge in [-0.15, -0.1) is 0 Å². The van der Waals surface area contributed by atoms with Crippen LogP contribution in [0.2, 0.25) is 0 Å². The third kappa shape index (κ3) is 4.65. The van der Waals surface area contributed by atoms with Crippen molar-refractivity contribution in [1.82, 2.24) is 15.5 Å². The van der Waals surface area contributed by atoms with Crippen molar-refractivity contribution in [3.05, 3.63) is 105 Å². The number of hydrogen-bond acceptors (Lipinski definition) is 9. The molecular weight excluding hydrogens is 440 g/mol. The van der Waals surface area contributed by atoms with Gasteiger partial charge in [-0.25, -0.2) is 4.79 Å². The fourth-order valence-corrected chi connectivity index (χ4v) is 3.87. The van der Waals surface area contributed by atoms with Gasteiger partial charge in [0.15, 0.2) is 5.82 Å². The van der Waals surface area contributed by atoms with Gasteiger partial charge in [0.25, 0.3) is 11.6 Å². The monoisotopic (exact) mass is 462 g/mol. The average molecular weight is 462 g/mol. The SMILES string of the molecule is COC(=O)OC1=C(C)NC(C)=C(c2nc(Cc3ccccc3)no2)C1c1cccc([N+](=O)[O-])c1. The summed E-state index contributed by atoms with van der Waals surface area (Å²) in [7, 11) is 1.20. The lowest BCUT2D eigenvalue weighted by atomic mass is 9.84. The molecule has 1 unspecified atom stereocenters. The molecular formula is C24H22N4O6. The second-order valence-corrected chi connectivity index (χ2v) is 7.67. The van der Waals surface area contributed by atoms with E-state index in [1.165, 1.54) is 19.2 Å². The Morgan fingerprint density at radius 2 is 1.91 bits per heavy atom. The van der Waals surface area contributed by atoms with Gasteiger partial charge in [0, 0.05) is 24.3 Å². The number of non-ortho nitro benzene ring substituents is 1. The van der Waals surface area contributed by atoms with Crippen molar-refractivity contribution in [2.75, 3.05) is 7.11 Å². The first-order valence-electron chi connectivity index (χ1n) is 10.4. The van der Waals surface area contributed by atoms with Crippen LogP contribution in [0.15, 0.2) is 76.3 Å². The fourth-order valence-electron chi connectivity index (χ4n) is 3.87. The fraction of sp³-hybridized carbons (Fsp3) is 0.208. The van der Waals surface area contributed by atoms with Gasteiger partial charge in [0.05, 0.1) is 29.2 Å². The Balaban J connectivity index is 1.79. The Kier molecular flexibility index (Phi) is 6.39. The van der Waals surface area contributed by atoms with Crippen LogP contribution in [0, 0.1) is 10.1 Å². The molecule has 0 spiro atoms. The van der Waals surface area contributed by atoms with Gasteiger partial charge in [0.2, 0.25) is 0 Å². The average Bonchev–Trinajstić information content (AvgIpc) is 3.28. The van der Waals surface area contributed by atoms with Crippen LogP contribution in [-0.4, -0.2) is 28.3 Å². The zero-order chi connectivity index (χ0) is 24.2. The third-order valence-electron chi connectivity index (χ3n) is 5.38. The summed E-state index contributed by atoms with van der Waals surface area (Å²) in [4.78, 5) is 27.5. The number of methoxy groups -OCH3 is 1. The number of hydrogen-bond donors (Lipinski definition) is 1. The molecule has 4 rings (SSSR count). The summed E-state index contributed by atoms with van der Waals surface area (Å²) in [5.74, 6) is 0.174. The van der Waals surface area contributed by atoms with Gasteiger partial charge < -0.3 is 19.3 Å². The molecule has 10 nitrogen and oxygen atoms in total. The minimum atomic E-state index is -0.916. The van der Waals surface area contributed by atoms with E-state index in [0.29, 0.717) is 34.8 Å². The first-order chi connectivity index (χ1) is 16.4. The van der Waals surface area contributed by atoms with Crippen LogP contribution in [0.1, 0.15) is 42.6 Å². The van der Waals surface area contributed by atoms with Gasteiger partial charge in [0.1, 0.15) is 5.76 Å². The summed E-state index contributed by atoms with van der Waals surface area (Å²) in [5, 5.41) is 18.7. The maximum absolute atomic E-state index is 12.0. The number of nitro benzene ring substituents is 1. The zero-order valence-electron chi connectivity index (χ0n) is 18.8. The quantitative estimate of drug-likeness (QED) is 0.315. The summed E-state index contributed by atoms with van der Waals surface area (Å²) >= 11 is 0. The first-order valence-corrected chi connectivity index (χ1v) is 10.4. The molecule has 2 aromatic carbocycles. The van der Waals surface area contributed by atoms with E-state index in [2.05, 4.69) is 20.2 Å². The van der Waals surface area contributed by atoms with Gasteiger partial charge in [-0.05, 0) is 25.0 Å². The number of nitrogens with one attached hydrogen (secondary N) is 1. The highest BCUT2D eigenvalue weighted by Crippen LogP contribution is 2.44. The number of dihydropyridines is 1. The van der Waals surface area contributed by atoms with Crippen molar-refractivity contribution >= 4 is 17.4 Å². The number of nitro groups is 1. The molecule has 174 valence electrons. The number of carbonyl (C=O) groups excluding carboxylic acids is 1. The molecule has 0 fully saturated rings. The van der Waals surface area contributed by atoms with Crippen LogP contribution < -0.4 is 5.32 Å². The molecule has 0 bridgehead atoms. The Hall–Kier alpha value is -4.47.